The van der Waals surface area contributed by atoms with Gasteiger partial charge >= 0.3 is 6.03 Å². The molecule has 2 aromatic rings. The Morgan fingerprint density at radius 2 is 1.76 bits per heavy atom. The van der Waals surface area contributed by atoms with E-state index in [-0.39, 0.29) is 23.9 Å². The lowest BCUT2D eigenvalue weighted by atomic mass is 10.0. The zero-order valence-electron chi connectivity index (χ0n) is 19.5. The molecule has 4 N–H and O–H groups in total. The number of benzene rings is 1. The Balaban J connectivity index is 1.37. The number of carbonyl (C=O) groups is 1. The molecule has 4 heterocycles. The molecule has 9 nitrogen and oxygen atoms in total. The minimum atomic E-state index is -2.90. The molecule has 0 radical (unpaired) electrons. The topological polar surface area (TPSA) is 120 Å². The van der Waals surface area contributed by atoms with Crippen LogP contribution in [0.4, 0.5) is 16.3 Å². The maximum atomic E-state index is 12.1. The summed E-state index contributed by atoms with van der Waals surface area (Å²) in [6, 6.07) is 8.06. The molecule has 4 aliphatic rings. The highest BCUT2D eigenvalue weighted by Crippen LogP contribution is 2.66. The van der Waals surface area contributed by atoms with Gasteiger partial charge in [0.15, 0.2) is 5.82 Å². The van der Waals surface area contributed by atoms with E-state index in [1.54, 1.807) is 0 Å². The van der Waals surface area contributed by atoms with Crippen molar-refractivity contribution in [1.29, 1.82) is 0 Å². The molecular formula is C24H31N5O4S. The van der Waals surface area contributed by atoms with E-state index in [0.717, 1.165) is 42.6 Å². The van der Waals surface area contributed by atoms with E-state index in [1.807, 2.05) is 38.1 Å². The van der Waals surface area contributed by atoms with Gasteiger partial charge in [-0.3, -0.25) is 9.11 Å². The van der Waals surface area contributed by atoms with Crippen LogP contribution in [0.25, 0.3) is 11.4 Å². The third kappa shape index (κ3) is 3.64. The average Bonchev–Trinajstić information content (AvgIpc) is 3.54. The molecule has 2 amide bonds. The number of hydrogen-bond acceptors (Lipinski definition) is 7. The van der Waals surface area contributed by atoms with Crippen molar-refractivity contribution in [3.8, 4) is 11.4 Å². The second kappa shape index (κ2) is 7.81. The Morgan fingerprint density at radius 3 is 2.41 bits per heavy atom. The number of fused-ring (bicyclic) bond motifs is 3. The number of urea groups is 1. The Morgan fingerprint density at radius 1 is 1.09 bits per heavy atom. The number of hydrogen-bond donors (Lipinski definition) is 4. The van der Waals surface area contributed by atoms with E-state index in [0.29, 0.717) is 36.5 Å². The highest BCUT2D eigenvalue weighted by atomic mass is 32.3. The molecule has 2 bridgehead atoms. The molecule has 1 aromatic carbocycles. The van der Waals surface area contributed by atoms with Gasteiger partial charge in [0.05, 0.1) is 41.5 Å². The van der Waals surface area contributed by atoms with Crippen molar-refractivity contribution in [2.24, 2.45) is 0 Å². The third-order valence-corrected chi connectivity index (χ3v) is 10.0. The summed E-state index contributed by atoms with van der Waals surface area (Å²) in [5.41, 5.74) is 3.08. The van der Waals surface area contributed by atoms with Gasteiger partial charge in [0.1, 0.15) is 5.82 Å². The van der Waals surface area contributed by atoms with Gasteiger partial charge in [0, 0.05) is 22.9 Å². The predicted octanol–water partition coefficient (Wildman–Crippen LogP) is 4.29. The van der Waals surface area contributed by atoms with Crippen LogP contribution in [-0.4, -0.2) is 56.4 Å². The monoisotopic (exact) mass is 485 g/mol. The molecule has 34 heavy (non-hydrogen) atoms. The summed E-state index contributed by atoms with van der Waals surface area (Å²) in [4.78, 5) is 24.3. The second-order valence-electron chi connectivity index (χ2n) is 10.3. The molecule has 182 valence electrons. The van der Waals surface area contributed by atoms with Gasteiger partial charge in [-0.1, -0.05) is 0 Å². The quantitative estimate of drug-likeness (QED) is 0.510. The number of amides is 2. The zero-order valence-corrected chi connectivity index (χ0v) is 20.3. The Hall–Kier alpha value is -2.40. The number of anilines is 2. The van der Waals surface area contributed by atoms with Crippen molar-refractivity contribution in [1.82, 2.24) is 15.3 Å². The summed E-state index contributed by atoms with van der Waals surface area (Å²) in [5.74, 6) is 1.55. The molecular weight excluding hydrogens is 454 g/mol. The van der Waals surface area contributed by atoms with E-state index < -0.39 is 15.3 Å². The molecule has 2 unspecified atom stereocenters. The number of carbonyl (C=O) groups excluding carboxylic acids is 1. The molecule has 1 aromatic heterocycles. The lowest BCUT2D eigenvalue weighted by Gasteiger charge is -2.40. The third-order valence-electron chi connectivity index (χ3n) is 7.52. The van der Waals surface area contributed by atoms with Gasteiger partial charge in [0.25, 0.3) is 0 Å². The highest BCUT2D eigenvalue weighted by Gasteiger charge is 2.49. The molecule has 2 atom stereocenters. The number of rotatable bonds is 4. The molecule has 1 saturated carbocycles. The van der Waals surface area contributed by atoms with Crippen molar-refractivity contribution >= 4 is 28.1 Å². The van der Waals surface area contributed by atoms with E-state index in [9.17, 15) is 13.9 Å². The molecule has 2 saturated heterocycles. The lowest BCUT2D eigenvalue weighted by molar-refractivity contribution is 0.0901. The van der Waals surface area contributed by atoms with E-state index in [4.69, 9.17) is 14.7 Å². The lowest BCUT2D eigenvalue weighted by Crippen LogP contribution is -2.47. The Labute approximate surface area is 200 Å². The Kier molecular flexibility index (Phi) is 5.07. The molecule has 10 heteroatoms. The van der Waals surface area contributed by atoms with Gasteiger partial charge in [-0.2, -0.15) is 10.6 Å². The van der Waals surface area contributed by atoms with Crippen molar-refractivity contribution in [3.05, 3.63) is 35.5 Å². The number of nitrogens with zero attached hydrogens (tertiary/aromatic N) is 3. The molecule has 1 aliphatic carbocycles. The average molecular weight is 486 g/mol. The number of ether oxygens (including phenoxy) is 1. The summed E-state index contributed by atoms with van der Waals surface area (Å²) in [6.45, 7) is 5.03. The number of nitrogens with one attached hydrogen (secondary N) is 2. The van der Waals surface area contributed by atoms with Crippen molar-refractivity contribution in [2.45, 2.75) is 68.2 Å². The van der Waals surface area contributed by atoms with E-state index >= 15 is 0 Å². The van der Waals surface area contributed by atoms with E-state index in [1.165, 1.54) is 0 Å². The van der Waals surface area contributed by atoms with Crippen molar-refractivity contribution in [3.63, 3.8) is 0 Å². The van der Waals surface area contributed by atoms with Gasteiger partial charge in [-0.05, 0) is 63.8 Å². The fourth-order valence-corrected chi connectivity index (χ4v) is 6.75. The summed E-state index contributed by atoms with van der Waals surface area (Å²) in [5, 5.41) is 5.78. The van der Waals surface area contributed by atoms with Gasteiger partial charge < -0.3 is 20.3 Å². The molecule has 0 spiro atoms. The first-order valence-corrected chi connectivity index (χ1v) is 13.7. The molecule has 3 fully saturated rings. The van der Waals surface area contributed by atoms with Crippen molar-refractivity contribution in [2.75, 3.05) is 23.4 Å². The first-order chi connectivity index (χ1) is 16.2. The van der Waals surface area contributed by atoms with Crippen LogP contribution in [0.2, 0.25) is 0 Å². The first kappa shape index (κ1) is 22.1. The smallest absolute Gasteiger partial charge is 0.319 e. The fraction of sp³-hybridized carbons (Fsp3) is 0.542. The first-order valence-electron chi connectivity index (χ1n) is 11.9. The predicted molar refractivity (Wildman–Crippen MR) is 132 cm³/mol. The number of morpholine rings is 1. The van der Waals surface area contributed by atoms with Crippen LogP contribution in [0.1, 0.15) is 50.8 Å². The normalized spacial score (nSPS) is 27.2. The van der Waals surface area contributed by atoms with Crippen LogP contribution in [0, 0.1) is 0 Å². The number of aromatic nitrogens is 2. The van der Waals surface area contributed by atoms with Crippen LogP contribution >= 0.6 is 10.6 Å². The summed E-state index contributed by atoms with van der Waals surface area (Å²) < 4.78 is 26.8. The molecule has 3 aliphatic heterocycles. The highest BCUT2D eigenvalue weighted by molar-refractivity contribution is 8.24. The van der Waals surface area contributed by atoms with Crippen molar-refractivity contribution < 1.29 is 18.6 Å². The van der Waals surface area contributed by atoms with E-state index in [2.05, 4.69) is 15.5 Å². The SMILES string of the molecule is CC1(C)c2nc(-c3ccc(NC(=O)NC4CC4)cc3)nc(N3C4CCC3COC4)c2CS1(O)O. The summed E-state index contributed by atoms with van der Waals surface area (Å²) in [7, 11) is -2.90. The minimum absolute atomic E-state index is 0.181. The zero-order chi connectivity index (χ0) is 23.7. The van der Waals surface area contributed by atoms with Crippen LogP contribution in [0.5, 0.6) is 0 Å². The maximum absolute atomic E-state index is 12.1. The minimum Gasteiger partial charge on any atom is -0.377 e. The molecule has 6 rings (SSSR count). The van der Waals surface area contributed by atoms with Crippen LogP contribution < -0.4 is 15.5 Å². The maximum Gasteiger partial charge on any atom is 0.319 e. The standard InChI is InChI=1S/C24H31N5O4S/c1-24(2)20-19(13-34(24,31)32)22(29-17-9-10-18(29)12-33-11-17)28-21(27-20)14-3-5-15(6-4-14)25-23(30)26-16-7-8-16/h3-6,16-18,31-32H,7-13H2,1-2H3,(H2,25,26,30). The summed E-state index contributed by atoms with van der Waals surface area (Å²) in [6.07, 6.45) is 4.16. The van der Waals surface area contributed by atoms with Gasteiger partial charge in [0.2, 0.25) is 0 Å². The van der Waals surface area contributed by atoms with Crippen LogP contribution in [-0.2, 0) is 15.2 Å². The van der Waals surface area contributed by atoms with Crippen LogP contribution in [0.3, 0.4) is 0 Å². The van der Waals surface area contributed by atoms with Gasteiger partial charge in [-0.25, -0.2) is 14.8 Å². The second-order valence-corrected chi connectivity index (χ2v) is 12.9. The van der Waals surface area contributed by atoms with Crippen LogP contribution in [0.15, 0.2) is 24.3 Å². The fourth-order valence-electron chi connectivity index (χ4n) is 5.24. The summed E-state index contributed by atoms with van der Waals surface area (Å²) >= 11 is 0. The Bertz CT molecular complexity index is 1120. The largest absolute Gasteiger partial charge is 0.377 e. The van der Waals surface area contributed by atoms with Gasteiger partial charge in [-0.15, -0.1) is 0 Å².